The second-order valence-corrected chi connectivity index (χ2v) is 7.68. The molecular formula is C21H25N3O3. The molecule has 1 aromatic carbocycles. The number of benzene rings is 1. The summed E-state index contributed by atoms with van der Waals surface area (Å²) in [6.45, 7) is 1.39. The normalized spacial score (nSPS) is 18.7. The first kappa shape index (κ1) is 17.8. The first-order chi connectivity index (χ1) is 13.1. The van der Waals surface area contributed by atoms with Crippen molar-refractivity contribution in [2.45, 2.75) is 45.1 Å². The smallest absolute Gasteiger partial charge is 0.235 e. The van der Waals surface area contributed by atoms with Gasteiger partial charge in [-0.1, -0.05) is 31.0 Å². The van der Waals surface area contributed by atoms with Gasteiger partial charge in [-0.15, -0.1) is 0 Å². The van der Waals surface area contributed by atoms with Crippen LogP contribution in [0.1, 0.15) is 38.5 Å². The second kappa shape index (κ2) is 7.18. The lowest BCUT2D eigenvalue weighted by Crippen LogP contribution is -2.37. The predicted molar refractivity (Wildman–Crippen MR) is 102 cm³/mol. The first-order valence-corrected chi connectivity index (χ1v) is 9.74. The summed E-state index contributed by atoms with van der Waals surface area (Å²) in [6.07, 6.45) is 6.16. The fraction of sp³-hybridized carbons (Fsp3) is 0.476. The minimum Gasteiger partial charge on any atom is -0.354 e. The molecular weight excluding hydrogens is 342 g/mol. The lowest BCUT2D eigenvalue weighted by Gasteiger charge is -2.20. The minimum atomic E-state index is -0.455. The van der Waals surface area contributed by atoms with Gasteiger partial charge in [-0.05, 0) is 30.4 Å². The van der Waals surface area contributed by atoms with E-state index in [1.807, 2.05) is 18.3 Å². The van der Waals surface area contributed by atoms with E-state index >= 15 is 0 Å². The van der Waals surface area contributed by atoms with E-state index in [2.05, 4.69) is 28.1 Å². The van der Waals surface area contributed by atoms with E-state index in [1.165, 1.54) is 10.3 Å². The summed E-state index contributed by atoms with van der Waals surface area (Å²) in [5.74, 6) is -0.301. The van der Waals surface area contributed by atoms with Crippen molar-refractivity contribution >= 4 is 28.6 Å². The topological polar surface area (TPSA) is 71.4 Å². The van der Waals surface area contributed by atoms with Crippen molar-refractivity contribution in [2.24, 2.45) is 5.41 Å². The molecule has 1 aliphatic heterocycles. The number of carbonyl (C=O) groups is 3. The van der Waals surface area contributed by atoms with Crippen LogP contribution in [0, 0.1) is 5.41 Å². The average molecular weight is 367 g/mol. The highest BCUT2D eigenvalue weighted by Gasteiger charge is 2.52. The van der Waals surface area contributed by atoms with E-state index in [0.717, 1.165) is 31.2 Å². The van der Waals surface area contributed by atoms with Gasteiger partial charge in [0, 0.05) is 44.2 Å². The van der Waals surface area contributed by atoms with Gasteiger partial charge >= 0.3 is 0 Å². The third kappa shape index (κ3) is 3.36. The number of para-hydroxylation sites is 1. The fourth-order valence-electron chi connectivity index (χ4n) is 4.48. The number of nitrogens with zero attached hydrogens (tertiary/aromatic N) is 2. The van der Waals surface area contributed by atoms with Crippen LogP contribution in [0.2, 0.25) is 0 Å². The number of aromatic nitrogens is 1. The Morgan fingerprint density at radius 2 is 1.85 bits per heavy atom. The van der Waals surface area contributed by atoms with Crippen molar-refractivity contribution in [3.8, 4) is 0 Å². The Kier molecular flexibility index (Phi) is 4.72. The summed E-state index contributed by atoms with van der Waals surface area (Å²) >= 11 is 0. The number of imide groups is 1. The number of rotatable bonds is 6. The highest BCUT2D eigenvalue weighted by Crippen LogP contribution is 2.46. The molecule has 1 saturated carbocycles. The largest absolute Gasteiger partial charge is 0.354 e. The molecule has 0 atom stereocenters. The molecule has 142 valence electrons. The number of nitrogens with one attached hydrogen (secondary N) is 1. The molecule has 1 saturated heterocycles. The van der Waals surface area contributed by atoms with Crippen LogP contribution in [-0.4, -0.2) is 40.3 Å². The van der Waals surface area contributed by atoms with Crippen molar-refractivity contribution in [2.75, 3.05) is 13.1 Å². The van der Waals surface area contributed by atoms with Crippen molar-refractivity contribution in [1.82, 2.24) is 14.8 Å². The zero-order chi connectivity index (χ0) is 18.9. The first-order valence-electron chi connectivity index (χ1n) is 9.74. The van der Waals surface area contributed by atoms with Gasteiger partial charge in [0.2, 0.25) is 17.7 Å². The van der Waals surface area contributed by atoms with Crippen LogP contribution >= 0.6 is 0 Å². The maximum Gasteiger partial charge on any atom is 0.235 e. The van der Waals surface area contributed by atoms with Crippen LogP contribution in [0.15, 0.2) is 36.5 Å². The number of carbonyl (C=O) groups excluding carboxylic acids is 3. The van der Waals surface area contributed by atoms with Gasteiger partial charge in [0.1, 0.15) is 0 Å². The van der Waals surface area contributed by atoms with Crippen LogP contribution in [0.5, 0.6) is 0 Å². The van der Waals surface area contributed by atoms with Crippen molar-refractivity contribution in [3.63, 3.8) is 0 Å². The molecule has 1 N–H and O–H groups in total. The lowest BCUT2D eigenvalue weighted by molar-refractivity contribution is -0.141. The van der Waals surface area contributed by atoms with E-state index in [-0.39, 0.29) is 30.7 Å². The van der Waals surface area contributed by atoms with Crippen LogP contribution in [0.3, 0.4) is 0 Å². The van der Waals surface area contributed by atoms with E-state index in [0.29, 0.717) is 19.5 Å². The summed E-state index contributed by atoms with van der Waals surface area (Å²) in [5.41, 5.74) is 0.685. The number of hydrogen-bond acceptors (Lipinski definition) is 3. The molecule has 0 bridgehead atoms. The van der Waals surface area contributed by atoms with Gasteiger partial charge in [0.05, 0.1) is 5.41 Å². The van der Waals surface area contributed by atoms with Crippen LogP contribution < -0.4 is 5.32 Å². The molecule has 0 radical (unpaired) electrons. The lowest BCUT2D eigenvalue weighted by atomic mass is 9.84. The molecule has 27 heavy (non-hydrogen) atoms. The van der Waals surface area contributed by atoms with E-state index < -0.39 is 5.41 Å². The Hall–Kier alpha value is -2.63. The van der Waals surface area contributed by atoms with Gasteiger partial charge in [-0.3, -0.25) is 19.3 Å². The van der Waals surface area contributed by atoms with Crippen LogP contribution in [0.25, 0.3) is 10.9 Å². The SMILES string of the molecule is O=C(CCN1C(=O)CC2(CCCC2)C1=O)NCCn1ccc2ccccc21. The molecule has 0 unspecified atom stereocenters. The molecule has 2 aromatic rings. The number of fused-ring (bicyclic) bond motifs is 1. The zero-order valence-corrected chi connectivity index (χ0v) is 15.4. The minimum absolute atomic E-state index is 0.0587. The number of likely N-dealkylation sites (tertiary alicyclic amines) is 1. The van der Waals surface area contributed by atoms with Crippen molar-refractivity contribution in [3.05, 3.63) is 36.5 Å². The Morgan fingerprint density at radius 3 is 2.67 bits per heavy atom. The standard InChI is InChI=1S/C21H25N3O3/c25-18(22-11-14-23-12-7-16-5-1-2-6-17(16)23)8-13-24-19(26)15-21(20(24)27)9-3-4-10-21/h1-2,5-7,12H,3-4,8-11,13-15H2,(H,22,25). The van der Waals surface area contributed by atoms with Crippen molar-refractivity contribution < 1.29 is 14.4 Å². The van der Waals surface area contributed by atoms with Crippen LogP contribution in [0.4, 0.5) is 0 Å². The highest BCUT2D eigenvalue weighted by atomic mass is 16.2. The van der Waals surface area contributed by atoms with Crippen LogP contribution in [-0.2, 0) is 20.9 Å². The molecule has 1 aromatic heterocycles. The molecule has 1 spiro atoms. The third-order valence-electron chi connectivity index (χ3n) is 5.97. The monoisotopic (exact) mass is 367 g/mol. The molecule has 6 heteroatoms. The van der Waals surface area contributed by atoms with E-state index in [4.69, 9.17) is 0 Å². The van der Waals surface area contributed by atoms with Crippen molar-refractivity contribution in [1.29, 1.82) is 0 Å². The summed E-state index contributed by atoms with van der Waals surface area (Å²) in [5, 5.41) is 4.07. The maximum atomic E-state index is 12.6. The molecule has 3 amide bonds. The molecule has 2 aliphatic rings. The summed E-state index contributed by atoms with van der Waals surface area (Å²) < 4.78 is 2.10. The third-order valence-corrected chi connectivity index (χ3v) is 5.97. The Balaban J connectivity index is 1.25. The average Bonchev–Trinajstić information content (AvgIpc) is 3.35. The summed E-state index contributed by atoms with van der Waals surface area (Å²) in [6, 6.07) is 10.2. The Bertz CT molecular complexity index is 880. The van der Waals surface area contributed by atoms with Gasteiger partial charge in [-0.2, -0.15) is 0 Å². The van der Waals surface area contributed by atoms with E-state index in [1.54, 1.807) is 0 Å². The van der Waals surface area contributed by atoms with E-state index in [9.17, 15) is 14.4 Å². The quantitative estimate of drug-likeness (QED) is 0.798. The molecule has 2 heterocycles. The van der Waals surface area contributed by atoms with Gasteiger partial charge in [0.15, 0.2) is 0 Å². The predicted octanol–water partition coefficient (Wildman–Crippen LogP) is 2.47. The highest BCUT2D eigenvalue weighted by molar-refractivity contribution is 6.06. The molecule has 1 aliphatic carbocycles. The molecule has 4 rings (SSSR count). The fourth-order valence-corrected chi connectivity index (χ4v) is 4.48. The van der Waals surface area contributed by atoms with Gasteiger partial charge in [-0.25, -0.2) is 0 Å². The summed E-state index contributed by atoms with van der Waals surface area (Å²) in [4.78, 5) is 38.3. The van der Waals surface area contributed by atoms with Gasteiger partial charge < -0.3 is 9.88 Å². The number of hydrogen-bond donors (Lipinski definition) is 1. The zero-order valence-electron chi connectivity index (χ0n) is 15.4. The second-order valence-electron chi connectivity index (χ2n) is 7.68. The summed E-state index contributed by atoms with van der Waals surface area (Å²) in [7, 11) is 0. The number of amides is 3. The Labute approximate surface area is 158 Å². The molecule has 6 nitrogen and oxygen atoms in total. The maximum absolute atomic E-state index is 12.6. The molecule has 2 fully saturated rings. The Morgan fingerprint density at radius 1 is 1.07 bits per heavy atom. The van der Waals surface area contributed by atoms with Gasteiger partial charge in [0.25, 0.3) is 0 Å².